The summed E-state index contributed by atoms with van der Waals surface area (Å²) in [6.07, 6.45) is -3.19. The van der Waals surface area contributed by atoms with E-state index < -0.39 is 35.9 Å². The highest BCUT2D eigenvalue weighted by Gasteiger charge is 2.43. The van der Waals surface area contributed by atoms with Crippen LogP contribution in [0.1, 0.15) is 34.6 Å². The van der Waals surface area contributed by atoms with Gasteiger partial charge >= 0.3 is 0 Å². The molecule has 0 aliphatic carbocycles. The first-order valence-corrected chi connectivity index (χ1v) is 7.43. The summed E-state index contributed by atoms with van der Waals surface area (Å²) in [6, 6.07) is 6.51. The van der Waals surface area contributed by atoms with Crippen LogP contribution in [0.3, 0.4) is 0 Å². The van der Waals surface area contributed by atoms with Crippen LogP contribution < -0.4 is 0 Å². The lowest BCUT2D eigenvalue weighted by Gasteiger charge is -2.41. The molecule has 7 heteroatoms. The van der Waals surface area contributed by atoms with Gasteiger partial charge in [-0.1, -0.05) is 12.1 Å². The molecule has 7 nitrogen and oxygen atoms in total. The Morgan fingerprint density at radius 3 is 2.39 bits per heavy atom. The molecular weight excluding hydrogens is 302 g/mol. The van der Waals surface area contributed by atoms with Gasteiger partial charge in [-0.25, -0.2) is 0 Å². The Bertz CT molecular complexity index is 608. The van der Waals surface area contributed by atoms with Crippen molar-refractivity contribution in [3.8, 4) is 0 Å². The van der Waals surface area contributed by atoms with Crippen LogP contribution in [0, 0.1) is 0 Å². The van der Waals surface area contributed by atoms with Crippen molar-refractivity contribution in [2.24, 2.45) is 0 Å². The van der Waals surface area contributed by atoms with Crippen LogP contribution in [0.25, 0.3) is 0 Å². The third kappa shape index (κ3) is 2.88. The number of amides is 2. The average molecular weight is 321 g/mol. The highest BCUT2D eigenvalue weighted by atomic mass is 16.7. The van der Waals surface area contributed by atoms with Crippen molar-refractivity contribution >= 4 is 11.8 Å². The minimum absolute atomic E-state index is 0.0108. The van der Waals surface area contributed by atoms with Crippen LogP contribution in [-0.2, 0) is 9.47 Å². The largest absolute Gasteiger partial charge is 0.388 e. The van der Waals surface area contributed by atoms with Crippen molar-refractivity contribution in [3.05, 3.63) is 35.4 Å². The van der Waals surface area contributed by atoms with Crippen LogP contribution in [0.15, 0.2) is 24.3 Å². The zero-order valence-corrected chi connectivity index (χ0v) is 12.9. The summed E-state index contributed by atoms with van der Waals surface area (Å²) in [6.45, 7) is 3.10. The van der Waals surface area contributed by atoms with Crippen LogP contribution in [-0.4, -0.2) is 64.2 Å². The smallest absolute Gasteiger partial charge is 0.261 e. The quantitative estimate of drug-likeness (QED) is 0.770. The Labute approximate surface area is 133 Å². The van der Waals surface area contributed by atoms with Gasteiger partial charge in [0.1, 0.15) is 18.3 Å². The van der Waals surface area contributed by atoms with E-state index in [9.17, 15) is 19.8 Å². The second-order valence-corrected chi connectivity index (χ2v) is 6.19. The molecule has 0 spiro atoms. The number of aliphatic hydroxyl groups excluding tert-OH is 2. The van der Waals surface area contributed by atoms with E-state index >= 15 is 0 Å². The highest BCUT2D eigenvalue weighted by Crippen LogP contribution is 2.27. The summed E-state index contributed by atoms with van der Waals surface area (Å²) < 4.78 is 10.8. The van der Waals surface area contributed by atoms with Gasteiger partial charge in [0.15, 0.2) is 5.79 Å². The van der Waals surface area contributed by atoms with Crippen molar-refractivity contribution in [2.75, 3.05) is 13.2 Å². The predicted octanol–water partition coefficient (Wildman–Crippen LogP) is 0.156. The predicted molar refractivity (Wildman–Crippen MR) is 78.7 cm³/mol. The number of fused-ring (bicyclic) bond motifs is 1. The van der Waals surface area contributed by atoms with Crippen LogP contribution in [0.2, 0.25) is 0 Å². The Morgan fingerprint density at radius 2 is 1.83 bits per heavy atom. The second-order valence-electron chi connectivity index (χ2n) is 6.19. The van der Waals surface area contributed by atoms with Gasteiger partial charge in [-0.05, 0) is 26.0 Å². The molecule has 0 unspecified atom stereocenters. The number of imide groups is 1. The van der Waals surface area contributed by atoms with Gasteiger partial charge in [-0.2, -0.15) is 0 Å². The van der Waals surface area contributed by atoms with E-state index in [1.807, 2.05) is 0 Å². The molecule has 2 N–H and O–H groups in total. The number of hydrogen-bond donors (Lipinski definition) is 2. The molecular formula is C16H19NO6. The molecule has 23 heavy (non-hydrogen) atoms. The SMILES string of the molecule is CC1(C)OC[C@H](O)[C@H]([C@@H](O)CN2C(=O)c3ccccc3C2=O)O1. The zero-order valence-electron chi connectivity index (χ0n) is 12.9. The van der Waals surface area contributed by atoms with E-state index in [-0.39, 0.29) is 13.2 Å². The number of aliphatic hydroxyl groups is 2. The molecule has 1 saturated heterocycles. The maximum Gasteiger partial charge on any atom is 0.261 e. The lowest BCUT2D eigenvalue weighted by Crippen LogP contribution is -2.56. The Hall–Kier alpha value is -1.80. The van der Waals surface area contributed by atoms with E-state index in [1.54, 1.807) is 38.1 Å². The lowest BCUT2D eigenvalue weighted by molar-refractivity contribution is -0.318. The van der Waals surface area contributed by atoms with Gasteiger partial charge in [0.25, 0.3) is 11.8 Å². The second kappa shape index (κ2) is 5.68. The molecule has 2 aliphatic rings. The minimum atomic E-state index is -1.21. The van der Waals surface area contributed by atoms with Gasteiger partial charge in [-0.15, -0.1) is 0 Å². The van der Waals surface area contributed by atoms with Crippen LogP contribution in [0.4, 0.5) is 0 Å². The maximum absolute atomic E-state index is 12.3. The topological polar surface area (TPSA) is 96.3 Å². The standard InChI is InChI=1S/C16H19NO6/c1-16(2)22-8-12(19)13(23-16)11(18)7-17-14(20)9-5-3-4-6-10(9)15(17)21/h3-6,11-13,18-19H,7-8H2,1-2H3/t11-,12-,13-/m0/s1. The average Bonchev–Trinajstić information content (AvgIpc) is 2.75. The molecule has 1 aromatic rings. The molecule has 3 rings (SSSR count). The lowest BCUT2D eigenvalue weighted by atomic mass is 10.1. The number of rotatable bonds is 3. The molecule has 2 aliphatic heterocycles. The first-order valence-electron chi connectivity index (χ1n) is 7.43. The fourth-order valence-electron chi connectivity index (χ4n) is 2.85. The van der Waals surface area contributed by atoms with Gasteiger partial charge in [0.2, 0.25) is 0 Å². The Balaban J connectivity index is 1.75. The molecule has 3 atom stereocenters. The molecule has 0 bridgehead atoms. The third-order valence-electron chi connectivity index (χ3n) is 4.03. The number of hydrogen-bond acceptors (Lipinski definition) is 6. The summed E-state index contributed by atoms with van der Waals surface area (Å²) in [5, 5.41) is 20.3. The van der Waals surface area contributed by atoms with Crippen molar-refractivity contribution in [1.82, 2.24) is 4.90 Å². The van der Waals surface area contributed by atoms with Crippen molar-refractivity contribution in [2.45, 2.75) is 37.9 Å². The molecule has 0 saturated carbocycles. The fraction of sp³-hybridized carbons (Fsp3) is 0.500. The molecule has 2 amide bonds. The summed E-state index contributed by atoms with van der Waals surface area (Å²) in [5.74, 6) is -1.86. The summed E-state index contributed by atoms with van der Waals surface area (Å²) in [5.41, 5.74) is 0.636. The van der Waals surface area contributed by atoms with Gasteiger partial charge in [-0.3, -0.25) is 14.5 Å². The molecule has 0 aromatic heterocycles. The zero-order chi connectivity index (χ0) is 16.8. The molecule has 124 valence electrons. The molecule has 2 heterocycles. The maximum atomic E-state index is 12.3. The Kier molecular flexibility index (Phi) is 3.97. The number of β-amino-alcohol motifs (C(OH)–C–C–N with tert-alkyl or cyclic N) is 1. The van der Waals surface area contributed by atoms with Crippen molar-refractivity contribution in [3.63, 3.8) is 0 Å². The van der Waals surface area contributed by atoms with E-state index in [0.717, 1.165) is 4.90 Å². The normalized spacial score (nSPS) is 27.9. The van der Waals surface area contributed by atoms with E-state index in [4.69, 9.17) is 9.47 Å². The monoisotopic (exact) mass is 321 g/mol. The van der Waals surface area contributed by atoms with Gasteiger partial charge in [0.05, 0.1) is 24.3 Å². The summed E-state index contributed by atoms with van der Waals surface area (Å²) in [7, 11) is 0. The summed E-state index contributed by atoms with van der Waals surface area (Å²) >= 11 is 0. The van der Waals surface area contributed by atoms with Crippen LogP contribution in [0.5, 0.6) is 0 Å². The number of ether oxygens (including phenoxy) is 2. The van der Waals surface area contributed by atoms with E-state index in [0.29, 0.717) is 11.1 Å². The van der Waals surface area contributed by atoms with Gasteiger partial charge in [0, 0.05) is 0 Å². The van der Waals surface area contributed by atoms with Crippen LogP contribution >= 0.6 is 0 Å². The third-order valence-corrected chi connectivity index (χ3v) is 4.03. The van der Waals surface area contributed by atoms with Crippen molar-refractivity contribution in [1.29, 1.82) is 0 Å². The highest BCUT2D eigenvalue weighted by molar-refractivity contribution is 6.21. The van der Waals surface area contributed by atoms with E-state index in [1.165, 1.54) is 0 Å². The number of carbonyl (C=O) groups excluding carboxylic acids is 2. The molecule has 1 fully saturated rings. The summed E-state index contributed by atoms with van der Waals surface area (Å²) in [4.78, 5) is 25.6. The first kappa shape index (κ1) is 16.1. The van der Waals surface area contributed by atoms with E-state index in [2.05, 4.69) is 0 Å². The fourth-order valence-corrected chi connectivity index (χ4v) is 2.85. The number of nitrogens with zero attached hydrogens (tertiary/aromatic N) is 1. The van der Waals surface area contributed by atoms with Crippen molar-refractivity contribution < 1.29 is 29.3 Å². The number of benzene rings is 1. The molecule has 0 radical (unpaired) electrons. The number of carbonyl (C=O) groups is 2. The first-order chi connectivity index (χ1) is 10.8. The van der Waals surface area contributed by atoms with Gasteiger partial charge < -0.3 is 19.7 Å². The Morgan fingerprint density at radius 1 is 1.26 bits per heavy atom. The minimum Gasteiger partial charge on any atom is -0.388 e. The molecule has 1 aromatic carbocycles.